The first-order chi connectivity index (χ1) is 19.9. The molecule has 210 valence electrons. The summed E-state index contributed by atoms with van der Waals surface area (Å²) in [6.45, 7) is 7.57. The maximum absolute atomic E-state index is 13.3. The molecule has 4 atom stereocenters. The Balaban J connectivity index is 1.39. The highest BCUT2D eigenvalue weighted by Gasteiger charge is 2.48. The number of piperidine rings is 1. The molecule has 41 heavy (non-hydrogen) atoms. The number of pyridine rings is 1. The number of carbonyl (C=O) groups excluding carboxylic acids is 1. The lowest BCUT2D eigenvalue weighted by Crippen LogP contribution is -2.47. The zero-order valence-electron chi connectivity index (χ0n) is 23.5. The normalized spacial score (nSPS) is 21.8. The highest BCUT2D eigenvalue weighted by molar-refractivity contribution is 8.14. The van der Waals surface area contributed by atoms with Crippen LogP contribution in [0.4, 0.5) is 4.79 Å². The van der Waals surface area contributed by atoms with Gasteiger partial charge in [0.2, 0.25) is 0 Å². The van der Waals surface area contributed by atoms with Gasteiger partial charge in [-0.3, -0.25) is 4.79 Å². The summed E-state index contributed by atoms with van der Waals surface area (Å²) in [4.78, 5) is 20.4. The van der Waals surface area contributed by atoms with Gasteiger partial charge in [-0.05, 0) is 85.0 Å². The first kappa shape index (κ1) is 27.4. The second kappa shape index (κ2) is 11.2. The number of hydrogen-bond donors (Lipinski definition) is 1. The molecule has 2 N–H and O–H groups in total. The molecule has 2 aliphatic heterocycles. The van der Waals surface area contributed by atoms with E-state index in [1.807, 2.05) is 78.9 Å². The quantitative estimate of drug-likeness (QED) is 0.219. The van der Waals surface area contributed by atoms with Gasteiger partial charge in [0.05, 0.1) is 23.6 Å². The first-order valence-electron chi connectivity index (χ1n) is 14.1. The number of aromatic nitrogens is 1. The smallest absolute Gasteiger partial charge is 0.282 e. The van der Waals surface area contributed by atoms with Crippen molar-refractivity contribution in [1.82, 2.24) is 9.88 Å². The summed E-state index contributed by atoms with van der Waals surface area (Å²) >= 11 is 1.43. The Morgan fingerprint density at radius 3 is 2.51 bits per heavy atom. The van der Waals surface area contributed by atoms with Crippen LogP contribution in [0, 0.1) is 11.3 Å². The van der Waals surface area contributed by atoms with Crippen molar-refractivity contribution in [2.45, 2.75) is 31.1 Å². The van der Waals surface area contributed by atoms with Gasteiger partial charge in [-0.2, -0.15) is 0 Å². The number of fused-ring (bicyclic) bond motifs is 2. The largest absolute Gasteiger partial charge is 0.497 e. The predicted molar refractivity (Wildman–Crippen MR) is 167 cm³/mol. The van der Waals surface area contributed by atoms with Crippen molar-refractivity contribution in [2.75, 3.05) is 20.2 Å². The van der Waals surface area contributed by atoms with Crippen LogP contribution in [-0.4, -0.2) is 41.4 Å². The molecule has 2 fully saturated rings. The minimum Gasteiger partial charge on any atom is -0.497 e. The van der Waals surface area contributed by atoms with E-state index in [0.717, 1.165) is 64.4 Å². The van der Waals surface area contributed by atoms with Crippen LogP contribution in [0.3, 0.4) is 0 Å². The van der Waals surface area contributed by atoms with Gasteiger partial charge in [-0.15, -0.1) is 6.58 Å². The lowest BCUT2D eigenvalue weighted by molar-refractivity contribution is 0.104. The zero-order valence-corrected chi connectivity index (χ0v) is 24.3. The van der Waals surface area contributed by atoms with Gasteiger partial charge in [0.1, 0.15) is 17.2 Å². The lowest BCUT2D eigenvalue weighted by atomic mass is 9.70. The third kappa shape index (κ3) is 5.20. The van der Waals surface area contributed by atoms with E-state index in [1.54, 1.807) is 7.11 Å². The van der Waals surface area contributed by atoms with E-state index in [0.29, 0.717) is 12.5 Å². The lowest BCUT2D eigenvalue weighted by Gasteiger charge is -2.43. The van der Waals surface area contributed by atoms with Crippen molar-refractivity contribution in [2.24, 2.45) is 17.1 Å². The Bertz CT molecular complexity index is 1580. The van der Waals surface area contributed by atoms with Crippen LogP contribution in [0.15, 0.2) is 91.5 Å². The maximum Gasteiger partial charge on any atom is 0.282 e. The van der Waals surface area contributed by atoms with Crippen molar-refractivity contribution >= 4 is 27.9 Å². The molecule has 0 radical (unpaired) electrons. The van der Waals surface area contributed by atoms with E-state index in [9.17, 15) is 4.79 Å². The van der Waals surface area contributed by atoms with E-state index >= 15 is 0 Å². The fourth-order valence-electron chi connectivity index (χ4n) is 6.11. The fraction of sp³-hybridized carbons (Fsp3) is 0.294. The molecular formula is C34H35N3O3S. The van der Waals surface area contributed by atoms with Crippen LogP contribution >= 0.6 is 11.8 Å². The van der Waals surface area contributed by atoms with E-state index < -0.39 is 0 Å². The molecule has 4 aromatic rings. The van der Waals surface area contributed by atoms with E-state index in [2.05, 4.69) is 24.5 Å². The molecule has 1 amide bonds. The Hall–Kier alpha value is -3.81. The molecule has 3 aromatic carbocycles. The molecule has 0 saturated carbocycles. The Labute approximate surface area is 245 Å². The van der Waals surface area contributed by atoms with Crippen LogP contribution in [0.25, 0.3) is 22.2 Å². The van der Waals surface area contributed by atoms with E-state index in [-0.39, 0.29) is 21.9 Å². The molecule has 6 nitrogen and oxygen atoms in total. The summed E-state index contributed by atoms with van der Waals surface area (Å²) in [5.74, 6) is 2.68. The molecule has 6 rings (SSSR count). The van der Waals surface area contributed by atoms with Crippen LogP contribution in [0.2, 0.25) is 0 Å². The third-order valence-electron chi connectivity index (χ3n) is 8.78. The average Bonchev–Trinajstić information content (AvgIpc) is 3.36. The van der Waals surface area contributed by atoms with Crippen molar-refractivity contribution in [3.05, 3.63) is 97.1 Å². The number of carbonyl (C=O) groups is 1. The van der Waals surface area contributed by atoms with Crippen molar-refractivity contribution in [3.8, 4) is 28.5 Å². The monoisotopic (exact) mass is 565 g/mol. The number of amides is 1. The minimum atomic E-state index is -0.162. The SMILES string of the molecule is C=C[C@@](C)(CN)[C@H]1CCN2C(=O)S[C@@H](c3cc(-c4ccc(Oc5ccccc5)cc4)nc4ccc(OC)cc34)[C@@H]2C1. The summed E-state index contributed by atoms with van der Waals surface area (Å²) in [5.41, 5.74) is 9.88. The fourth-order valence-corrected chi connectivity index (χ4v) is 7.43. The maximum atomic E-state index is 13.3. The Kier molecular flexibility index (Phi) is 7.49. The summed E-state index contributed by atoms with van der Waals surface area (Å²) in [6.07, 6.45) is 3.82. The molecule has 2 aliphatic rings. The number of benzene rings is 3. The average molecular weight is 566 g/mol. The van der Waals surface area contributed by atoms with Crippen molar-refractivity contribution in [3.63, 3.8) is 0 Å². The third-order valence-corrected chi connectivity index (χ3v) is 10.0. The number of nitrogens with two attached hydrogens (primary N) is 1. The van der Waals surface area contributed by atoms with Crippen LogP contribution in [-0.2, 0) is 0 Å². The Morgan fingerprint density at radius 2 is 1.80 bits per heavy atom. The van der Waals surface area contributed by atoms with Gasteiger partial charge in [0, 0.05) is 35.5 Å². The molecule has 1 aromatic heterocycles. The molecule has 3 heterocycles. The molecule has 0 unspecified atom stereocenters. The number of ether oxygens (including phenoxy) is 2. The highest BCUT2D eigenvalue weighted by atomic mass is 32.2. The number of methoxy groups -OCH3 is 1. The number of para-hydroxylation sites is 1. The highest BCUT2D eigenvalue weighted by Crippen LogP contribution is 2.52. The van der Waals surface area contributed by atoms with E-state index in [4.69, 9.17) is 20.2 Å². The number of nitrogens with zero attached hydrogens (tertiary/aromatic N) is 2. The number of rotatable bonds is 8. The van der Waals surface area contributed by atoms with Crippen LogP contribution < -0.4 is 15.2 Å². The number of hydrogen-bond acceptors (Lipinski definition) is 6. The first-order valence-corrected chi connectivity index (χ1v) is 14.9. The van der Waals surface area contributed by atoms with Gasteiger partial charge < -0.3 is 20.1 Å². The summed E-state index contributed by atoms with van der Waals surface area (Å²) in [5, 5.41) is 1.12. The standard InChI is InChI=1S/C34H35N3O3S/c1-4-34(2,21-35)23-16-17-37-31(18-23)32(41-33(37)38)28-20-30(36-29-15-14-26(39-3)19-27(28)29)22-10-12-25(13-11-22)40-24-8-6-5-7-9-24/h4-15,19-20,23,31-32H,1,16-18,21,35H2,2-3H3/t23-,31-,32-,34-/m0/s1. The molecular weight excluding hydrogens is 530 g/mol. The second-order valence-electron chi connectivity index (χ2n) is 11.1. The van der Waals surface area contributed by atoms with Crippen molar-refractivity contribution in [1.29, 1.82) is 0 Å². The predicted octanol–water partition coefficient (Wildman–Crippen LogP) is 7.84. The van der Waals surface area contributed by atoms with Gasteiger partial charge >= 0.3 is 0 Å². The van der Waals surface area contributed by atoms with Gasteiger partial charge in [0.15, 0.2) is 0 Å². The van der Waals surface area contributed by atoms with Gasteiger partial charge in [-0.25, -0.2) is 4.98 Å². The van der Waals surface area contributed by atoms with Gasteiger partial charge in [0.25, 0.3) is 5.24 Å². The van der Waals surface area contributed by atoms with Gasteiger partial charge in [-0.1, -0.05) is 43.0 Å². The zero-order chi connectivity index (χ0) is 28.6. The summed E-state index contributed by atoms with van der Waals surface area (Å²) < 4.78 is 11.6. The number of thioether (sulfide) groups is 1. The van der Waals surface area contributed by atoms with Crippen LogP contribution in [0.1, 0.15) is 30.6 Å². The van der Waals surface area contributed by atoms with Crippen molar-refractivity contribution < 1.29 is 14.3 Å². The second-order valence-corrected chi connectivity index (χ2v) is 12.2. The topological polar surface area (TPSA) is 77.7 Å². The molecule has 2 saturated heterocycles. The summed E-state index contributed by atoms with van der Waals surface area (Å²) in [7, 11) is 1.67. The Morgan fingerprint density at radius 1 is 1.07 bits per heavy atom. The molecule has 7 heteroatoms. The van der Waals surface area contributed by atoms with Crippen LogP contribution in [0.5, 0.6) is 17.2 Å². The van der Waals surface area contributed by atoms with E-state index in [1.165, 1.54) is 11.8 Å². The molecule has 0 spiro atoms. The summed E-state index contributed by atoms with van der Waals surface area (Å²) in [6, 6.07) is 25.9. The molecule has 0 bridgehead atoms. The molecule has 0 aliphatic carbocycles. The minimum absolute atomic E-state index is 0.0332.